The zero-order chi connectivity index (χ0) is 14.5. The Morgan fingerprint density at radius 3 is 2.00 bits per heavy atom. The molecule has 0 heterocycles. The van der Waals surface area contributed by atoms with Crippen molar-refractivity contribution in [2.75, 3.05) is 0 Å². The van der Waals surface area contributed by atoms with E-state index in [2.05, 4.69) is 20.4 Å². The van der Waals surface area contributed by atoms with E-state index < -0.39 is 0 Å². The molecule has 0 atom stereocenters. The van der Waals surface area contributed by atoms with E-state index in [0.717, 1.165) is 17.8 Å². The van der Waals surface area contributed by atoms with E-state index in [4.69, 9.17) is 4.74 Å². The number of hydrogen-bond acceptors (Lipinski definition) is 2. The van der Waals surface area contributed by atoms with Gasteiger partial charge in [0.15, 0.2) is 0 Å². The summed E-state index contributed by atoms with van der Waals surface area (Å²) in [5.74, 6) is 2.46. The highest BCUT2D eigenvalue weighted by Crippen LogP contribution is 2.64. The third kappa shape index (κ3) is 2.12. The molecule has 2 nitrogen and oxygen atoms in total. The van der Waals surface area contributed by atoms with Crippen LogP contribution in [0.15, 0.2) is 12.2 Å². The highest BCUT2D eigenvalue weighted by atomic mass is 16.6. The number of ether oxygens (including phenoxy) is 1. The van der Waals surface area contributed by atoms with Crippen molar-refractivity contribution in [1.82, 2.24) is 0 Å². The van der Waals surface area contributed by atoms with Crippen LogP contribution in [0.25, 0.3) is 0 Å². The van der Waals surface area contributed by atoms with Gasteiger partial charge in [0, 0.05) is 11.0 Å². The molecule has 0 spiro atoms. The van der Waals surface area contributed by atoms with Gasteiger partial charge in [0.05, 0.1) is 0 Å². The first kappa shape index (κ1) is 14.2. The van der Waals surface area contributed by atoms with Gasteiger partial charge in [0.2, 0.25) is 0 Å². The number of carbonyl (C=O) groups excluding carboxylic acids is 1. The quantitative estimate of drug-likeness (QED) is 0.558. The maximum absolute atomic E-state index is 12.2. The summed E-state index contributed by atoms with van der Waals surface area (Å²) >= 11 is 0. The van der Waals surface area contributed by atoms with E-state index in [1.165, 1.54) is 38.5 Å². The molecule has 4 aliphatic carbocycles. The van der Waals surface area contributed by atoms with E-state index in [1.807, 2.05) is 6.92 Å². The fraction of sp³-hybridized carbons (Fsp3) is 0.833. The lowest BCUT2D eigenvalue weighted by molar-refractivity contribution is -0.195. The second kappa shape index (κ2) is 4.61. The second-order valence-electron chi connectivity index (χ2n) is 8.05. The largest absolute Gasteiger partial charge is 0.456 e. The van der Waals surface area contributed by atoms with Crippen LogP contribution in [0.1, 0.15) is 65.7 Å². The van der Waals surface area contributed by atoms with Crippen molar-refractivity contribution in [1.29, 1.82) is 0 Å². The van der Waals surface area contributed by atoms with E-state index in [1.54, 1.807) is 0 Å². The predicted molar refractivity (Wildman–Crippen MR) is 80.2 cm³/mol. The molecular formula is C18H28O2. The average Bonchev–Trinajstić information content (AvgIpc) is 2.35. The van der Waals surface area contributed by atoms with Crippen LogP contribution in [0.3, 0.4) is 0 Å². The number of rotatable bonds is 4. The third-order valence-corrected chi connectivity index (χ3v) is 6.38. The minimum atomic E-state index is -0.349. The Hall–Kier alpha value is -0.790. The molecule has 4 fully saturated rings. The lowest BCUT2D eigenvalue weighted by Crippen LogP contribution is -2.57. The Labute approximate surface area is 123 Å². The van der Waals surface area contributed by atoms with Gasteiger partial charge in [0.25, 0.3) is 0 Å². The maximum Gasteiger partial charge on any atom is 0.333 e. The van der Waals surface area contributed by atoms with Gasteiger partial charge >= 0.3 is 5.97 Å². The summed E-state index contributed by atoms with van der Waals surface area (Å²) in [6, 6.07) is 0. The standard InChI is InChI=1S/C18H28O2/c1-5-12(2)16(19)20-17(3,4)18-9-13-6-14(10-18)8-15(7-13)11-18/h13-15H,2,5-11H2,1,3-4H3. The van der Waals surface area contributed by atoms with Crippen LogP contribution in [0.5, 0.6) is 0 Å². The molecule has 2 heteroatoms. The molecule has 0 unspecified atom stereocenters. The molecule has 0 aliphatic heterocycles. The number of carbonyl (C=O) groups is 1. The van der Waals surface area contributed by atoms with Crippen LogP contribution in [0.4, 0.5) is 0 Å². The van der Waals surface area contributed by atoms with Crippen molar-refractivity contribution >= 4 is 5.97 Å². The first-order valence-corrected chi connectivity index (χ1v) is 8.26. The van der Waals surface area contributed by atoms with Crippen molar-refractivity contribution in [2.24, 2.45) is 23.2 Å². The summed E-state index contributed by atoms with van der Waals surface area (Å²) in [6.07, 6.45) is 8.73. The van der Waals surface area contributed by atoms with Crippen LogP contribution in [-0.4, -0.2) is 11.6 Å². The van der Waals surface area contributed by atoms with Gasteiger partial charge in [-0.2, -0.15) is 0 Å². The van der Waals surface area contributed by atoms with Crippen LogP contribution in [0, 0.1) is 23.2 Å². The van der Waals surface area contributed by atoms with Gasteiger partial charge in [-0.05, 0) is 76.5 Å². The van der Waals surface area contributed by atoms with Crippen molar-refractivity contribution in [3.63, 3.8) is 0 Å². The SMILES string of the molecule is C=C(CC)C(=O)OC(C)(C)C12CC3CC(CC(C3)C1)C2. The molecule has 0 radical (unpaired) electrons. The summed E-state index contributed by atoms with van der Waals surface area (Å²) in [5, 5.41) is 0. The van der Waals surface area contributed by atoms with Gasteiger partial charge in [-0.15, -0.1) is 0 Å². The monoisotopic (exact) mass is 276 g/mol. The molecule has 4 bridgehead atoms. The van der Waals surface area contributed by atoms with Crippen LogP contribution in [0.2, 0.25) is 0 Å². The lowest BCUT2D eigenvalue weighted by atomic mass is 9.46. The molecule has 0 saturated heterocycles. The van der Waals surface area contributed by atoms with Crippen molar-refractivity contribution in [3.05, 3.63) is 12.2 Å². The Morgan fingerprint density at radius 1 is 1.15 bits per heavy atom. The van der Waals surface area contributed by atoms with E-state index in [0.29, 0.717) is 12.0 Å². The number of esters is 1. The molecule has 0 aromatic heterocycles. The molecule has 0 amide bonds. The summed E-state index contributed by atoms with van der Waals surface area (Å²) in [6.45, 7) is 10.1. The Bertz CT molecular complexity index is 397. The average molecular weight is 276 g/mol. The normalized spacial score (nSPS) is 38.9. The maximum atomic E-state index is 12.2. The minimum Gasteiger partial charge on any atom is -0.456 e. The fourth-order valence-electron chi connectivity index (χ4n) is 5.40. The molecule has 4 rings (SSSR count). The summed E-state index contributed by atoms with van der Waals surface area (Å²) in [4.78, 5) is 12.2. The van der Waals surface area contributed by atoms with Crippen LogP contribution in [-0.2, 0) is 9.53 Å². The fourth-order valence-corrected chi connectivity index (χ4v) is 5.40. The highest BCUT2D eigenvalue weighted by Gasteiger charge is 2.58. The molecule has 4 aliphatic rings. The summed E-state index contributed by atoms with van der Waals surface area (Å²) in [7, 11) is 0. The topological polar surface area (TPSA) is 26.3 Å². The first-order chi connectivity index (χ1) is 9.35. The van der Waals surface area contributed by atoms with Crippen molar-refractivity contribution in [3.8, 4) is 0 Å². The van der Waals surface area contributed by atoms with E-state index in [9.17, 15) is 4.79 Å². The van der Waals surface area contributed by atoms with Gasteiger partial charge in [-0.3, -0.25) is 0 Å². The Kier molecular flexibility index (Phi) is 3.26. The molecule has 0 N–H and O–H groups in total. The lowest BCUT2D eigenvalue weighted by Gasteiger charge is -2.61. The Morgan fingerprint density at radius 2 is 1.60 bits per heavy atom. The zero-order valence-corrected chi connectivity index (χ0v) is 13.2. The van der Waals surface area contributed by atoms with E-state index in [-0.39, 0.29) is 17.0 Å². The van der Waals surface area contributed by atoms with Gasteiger partial charge in [-0.25, -0.2) is 4.79 Å². The molecule has 0 aromatic carbocycles. The van der Waals surface area contributed by atoms with Crippen molar-refractivity contribution < 1.29 is 9.53 Å². The summed E-state index contributed by atoms with van der Waals surface area (Å²) in [5.41, 5.74) is 0.478. The van der Waals surface area contributed by atoms with Gasteiger partial charge < -0.3 is 4.74 Å². The van der Waals surface area contributed by atoms with Crippen molar-refractivity contribution in [2.45, 2.75) is 71.3 Å². The first-order valence-electron chi connectivity index (χ1n) is 8.26. The van der Waals surface area contributed by atoms with Gasteiger partial charge in [-0.1, -0.05) is 13.5 Å². The minimum absolute atomic E-state index is 0.187. The molecular weight excluding hydrogens is 248 g/mol. The highest BCUT2D eigenvalue weighted by molar-refractivity contribution is 5.87. The van der Waals surface area contributed by atoms with Crippen LogP contribution < -0.4 is 0 Å². The van der Waals surface area contributed by atoms with Gasteiger partial charge in [0.1, 0.15) is 5.60 Å². The van der Waals surface area contributed by atoms with Crippen LogP contribution >= 0.6 is 0 Å². The molecule has 20 heavy (non-hydrogen) atoms. The van der Waals surface area contributed by atoms with E-state index >= 15 is 0 Å². The Balaban J connectivity index is 1.80. The zero-order valence-electron chi connectivity index (χ0n) is 13.2. The second-order valence-corrected chi connectivity index (χ2v) is 8.05. The molecule has 112 valence electrons. The predicted octanol–water partition coefficient (Wildman–Crippen LogP) is 4.49. The molecule has 0 aromatic rings. The summed E-state index contributed by atoms with van der Waals surface area (Å²) < 4.78 is 5.94. The molecule has 4 saturated carbocycles. The third-order valence-electron chi connectivity index (χ3n) is 6.38. The smallest absolute Gasteiger partial charge is 0.333 e. The number of hydrogen-bond donors (Lipinski definition) is 0.